The van der Waals surface area contributed by atoms with Gasteiger partial charge in [-0.05, 0) is 18.8 Å². The third kappa shape index (κ3) is 3.30. The van der Waals surface area contributed by atoms with Gasteiger partial charge in [0, 0.05) is 19.4 Å². The topological polar surface area (TPSA) is 26.3 Å². The molecule has 15 heavy (non-hydrogen) atoms. The fraction of sp³-hybridized carbons (Fsp3) is 0.923. The van der Waals surface area contributed by atoms with Gasteiger partial charge in [0.25, 0.3) is 0 Å². The number of ketones is 1. The second-order valence-corrected chi connectivity index (χ2v) is 4.71. The van der Waals surface area contributed by atoms with Crippen molar-refractivity contribution in [1.82, 2.24) is 0 Å². The molecular weight excluding hydrogens is 188 g/mol. The lowest BCUT2D eigenvalue weighted by atomic mass is 9.79. The molecule has 0 unspecified atom stereocenters. The molecule has 1 fully saturated rings. The van der Waals surface area contributed by atoms with E-state index < -0.39 is 0 Å². The number of Topliss-reactive ketones (excluding diaryl/α,β-unsaturated/α-hetero) is 1. The smallest absolute Gasteiger partial charge is 0.138 e. The van der Waals surface area contributed by atoms with E-state index in [9.17, 15) is 4.79 Å². The Hall–Kier alpha value is -0.370. The van der Waals surface area contributed by atoms with Crippen molar-refractivity contribution in [3.63, 3.8) is 0 Å². The molecule has 0 amide bonds. The molecule has 1 rings (SSSR count). The van der Waals surface area contributed by atoms with Crippen molar-refractivity contribution in [2.75, 3.05) is 7.11 Å². The van der Waals surface area contributed by atoms with Gasteiger partial charge in [-0.1, -0.05) is 33.1 Å². The summed E-state index contributed by atoms with van der Waals surface area (Å²) in [5.41, 5.74) is 0. The summed E-state index contributed by atoms with van der Waals surface area (Å²) in [6, 6.07) is 0. The molecule has 0 bridgehead atoms. The maximum atomic E-state index is 11.7. The van der Waals surface area contributed by atoms with E-state index >= 15 is 0 Å². The summed E-state index contributed by atoms with van der Waals surface area (Å²) in [7, 11) is 1.75. The Labute approximate surface area is 93.4 Å². The zero-order valence-corrected chi connectivity index (χ0v) is 10.3. The molecule has 0 aliphatic heterocycles. The molecule has 1 aliphatic carbocycles. The molecule has 2 atom stereocenters. The average molecular weight is 212 g/mol. The molecule has 0 saturated heterocycles. The molecule has 0 spiro atoms. The third-order valence-corrected chi connectivity index (χ3v) is 3.74. The number of carbonyl (C=O) groups is 1. The molecule has 1 aliphatic rings. The van der Waals surface area contributed by atoms with Crippen LogP contribution in [-0.4, -0.2) is 19.0 Å². The molecule has 2 nitrogen and oxygen atoms in total. The Kier molecular flexibility index (Phi) is 5.30. The number of methoxy groups -OCH3 is 1. The second kappa shape index (κ2) is 6.26. The fourth-order valence-electron chi connectivity index (χ4n) is 2.77. The van der Waals surface area contributed by atoms with Gasteiger partial charge >= 0.3 is 0 Å². The quantitative estimate of drug-likeness (QED) is 0.699. The van der Waals surface area contributed by atoms with Crippen LogP contribution in [0.15, 0.2) is 0 Å². The van der Waals surface area contributed by atoms with E-state index in [1.165, 1.54) is 32.1 Å². The predicted octanol–water partition coefficient (Wildman–Crippen LogP) is 3.20. The minimum atomic E-state index is 0.0723. The number of carbonyl (C=O) groups excluding carboxylic acids is 1. The summed E-state index contributed by atoms with van der Waals surface area (Å²) in [5, 5.41) is 0. The summed E-state index contributed by atoms with van der Waals surface area (Å²) >= 11 is 0. The Bertz CT molecular complexity index is 195. The van der Waals surface area contributed by atoms with Crippen LogP contribution >= 0.6 is 0 Å². The molecule has 0 heterocycles. The van der Waals surface area contributed by atoms with E-state index in [4.69, 9.17) is 4.74 Å². The van der Waals surface area contributed by atoms with Crippen molar-refractivity contribution in [3.8, 4) is 0 Å². The van der Waals surface area contributed by atoms with Gasteiger partial charge in [-0.3, -0.25) is 4.79 Å². The van der Waals surface area contributed by atoms with E-state index in [1.807, 2.05) is 13.8 Å². The Morgan fingerprint density at radius 2 is 1.93 bits per heavy atom. The first kappa shape index (κ1) is 12.7. The van der Waals surface area contributed by atoms with Gasteiger partial charge in [0.2, 0.25) is 0 Å². The summed E-state index contributed by atoms with van der Waals surface area (Å²) in [6.07, 6.45) is 7.21. The largest absolute Gasteiger partial charge is 0.380 e. The van der Waals surface area contributed by atoms with E-state index in [0.717, 1.165) is 0 Å². The van der Waals surface area contributed by atoms with Gasteiger partial charge in [-0.15, -0.1) is 0 Å². The Morgan fingerprint density at radius 3 is 2.40 bits per heavy atom. The van der Waals surface area contributed by atoms with Crippen molar-refractivity contribution in [3.05, 3.63) is 0 Å². The monoisotopic (exact) mass is 212 g/mol. The molecule has 0 aromatic heterocycles. The zero-order valence-electron chi connectivity index (χ0n) is 10.3. The van der Waals surface area contributed by atoms with Crippen LogP contribution in [0.5, 0.6) is 0 Å². The van der Waals surface area contributed by atoms with Gasteiger partial charge < -0.3 is 4.74 Å². The van der Waals surface area contributed by atoms with Crippen molar-refractivity contribution in [1.29, 1.82) is 0 Å². The average Bonchev–Trinajstić information content (AvgIpc) is 2.30. The number of hydrogen-bond acceptors (Lipinski definition) is 2. The molecular formula is C13H24O2. The summed E-state index contributed by atoms with van der Waals surface area (Å²) < 4.78 is 5.55. The molecule has 0 radical (unpaired) electrons. The lowest BCUT2D eigenvalue weighted by molar-refractivity contribution is -0.128. The van der Waals surface area contributed by atoms with Gasteiger partial charge in [0.05, 0.1) is 6.10 Å². The Morgan fingerprint density at radius 1 is 1.33 bits per heavy atom. The van der Waals surface area contributed by atoms with Crippen molar-refractivity contribution < 1.29 is 9.53 Å². The first-order chi connectivity index (χ1) is 7.20. The highest BCUT2D eigenvalue weighted by Gasteiger charge is 2.30. The molecule has 0 aromatic carbocycles. The molecule has 0 N–H and O–H groups in total. The van der Waals surface area contributed by atoms with Crippen LogP contribution in [0.1, 0.15) is 52.4 Å². The highest BCUT2D eigenvalue weighted by atomic mass is 16.5. The normalized spacial score (nSPS) is 22.3. The molecule has 2 heteroatoms. The summed E-state index contributed by atoms with van der Waals surface area (Å²) in [6.45, 7) is 3.96. The van der Waals surface area contributed by atoms with E-state index in [-0.39, 0.29) is 12.0 Å². The molecule has 0 aromatic rings. The first-order valence-corrected chi connectivity index (χ1v) is 6.26. The van der Waals surface area contributed by atoms with Gasteiger partial charge in [0.15, 0.2) is 0 Å². The van der Waals surface area contributed by atoms with Crippen LogP contribution in [0.25, 0.3) is 0 Å². The minimum Gasteiger partial charge on any atom is -0.380 e. The highest BCUT2D eigenvalue weighted by molar-refractivity contribution is 5.80. The number of rotatable bonds is 5. The number of ether oxygens (including phenoxy) is 1. The third-order valence-electron chi connectivity index (χ3n) is 3.74. The highest BCUT2D eigenvalue weighted by Crippen LogP contribution is 2.31. The SMILES string of the molecule is CCC(=O)[C@@H](C)[C@H](OC)C1CCCCC1. The minimum absolute atomic E-state index is 0.0723. The van der Waals surface area contributed by atoms with Crippen LogP contribution in [0, 0.1) is 11.8 Å². The van der Waals surface area contributed by atoms with E-state index in [0.29, 0.717) is 18.1 Å². The molecule has 1 saturated carbocycles. The van der Waals surface area contributed by atoms with Crippen LogP contribution in [0.4, 0.5) is 0 Å². The molecule has 88 valence electrons. The summed E-state index contributed by atoms with van der Waals surface area (Å²) in [4.78, 5) is 11.7. The lowest BCUT2D eigenvalue weighted by Gasteiger charge is -2.32. The van der Waals surface area contributed by atoms with Gasteiger partial charge in [-0.2, -0.15) is 0 Å². The van der Waals surface area contributed by atoms with Crippen LogP contribution < -0.4 is 0 Å². The van der Waals surface area contributed by atoms with Crippen molar-refractivity contribution in [2.45, 2.75) is 58.5 Å². The van der Waals surface area contributed by atoms with Crippen LogP contribution in [0.3, 0.4) is 0 Å². The maximum Gasteiger partial charge on any atom is 0.138 e. The van der Waals surface area contributed by atoms with Crippen LogP contribution in [0.2, 0.25) is 0 Å². The van der Waals surface area contributed by atoms with Gasteiger partial charge in [-0.25, -0.2) is 0 Å². The standard InChI is InChI=1S/C13H24O2/c1-4-12(14)10(2)13(15-3)11-8-6-5-7-9-11/h10-11,13H,4-9H2,1-3H3/t10-,13+/m1/s1. The number of hydrogen-bond donors (Lipinski definition) is 0. The summed E-state index contributed by atoms with van der Waals surface area (Å²) in [5.74, 6) is 1.02. The zero-order chi connectivity index (χ0) is 11.3. The first-order valence-electron chi connectivity index (χ1n) is 6.26. The maximum absolute atomic E-state index is 11.7. The fourth-order valence-corrected chi connectivity index (χ4v) is 2.77. The van der Waals surface area contributed by atoms with Crippen molar-refractivity contribution in [2.24, 2.45) is 11.8 Å². The lowest BCUT2D eigenvalue weighted by Crippen LogP contribution is -2.35. The van der Waals surface area contributed by atoms with Crippen LogP contribution in [-0.2, 0) is 9.53 Å². The van der Waals surface area contributed by atoms with E-state index in [1.54, 1.807) is 7.11 Å². The Balaban J connectivity index is 2.56. The van der Waals surface area contributed by atoms with Crippen molar-refractivity contribution >= 4 is 5.78 Å². The van der Waals surface area contributed by atoms with Gasteiger partial charge in [0.1, 0.15) is 5.78 Å². The van der Waals surface area contributed by atoms with E-state index in [2.05, 4.69) is 0 Å². The predicted molar refractivity (Wildman–Crippen MR) is 61.8 cm³/mol. The second-order valence-electron chi connectivity index (χ2n) is 4.71.